The van der Waals surface area contributed by atoms with E-state index in [1.807, 2.05) is 0 Å². The van der Waals surface area contributed by atoms with Crippen molar-refractivity contribution < 1.29 is 4.74 Å². The summed E-state index contributed by atoms with van der Waals surface area (Å²) in [6, 6.07) is 11.2. The molecule has 1 aromatic carbocycles. The van der Waals surface area contributed by atoms with Crippen molar-refractivity contribution >= 4 is 0 Å². The molecule has 0 radical (unpaired) electrons. The monoisotopic (exact) mass is 342 g/mol. The molecule has 2 aromatic rings. The summed E-state index contributed by atoms with van der Waals surface area (Å²) in [7, 11) is 3.96. The Hall–Kier alpha value is -1.72. The fourth-order valence-corrected chi connectivity index (χ4v) is 3.55. The first kappa shape index (κ1) is 18.1. The summed E-state index contributed by atoms with van der Waals surface area (Å²) in [5, 5.41) is 4.76. The third kappa shape index (κ3) is 5.13. The van der Waals surface area contributed by atoms with Gasteiger partial charge in [-0.3, -0.25) is 0 Å². The highest BCUT2D eigenvalue weighted by Crippen LogP contribution is 2.19. The number of likely N-dealkylation sites (N-methyl/N-ethyl adjacent to an activating group) is 1. The van der Waals surface area contributed by atoms with Crippen molar-refractivity contribution in [2.24, 2.45) is 0 Å². The van der Waals surface area contributed by atoms with Gasteiger partial charge in [-0.1, -0.05) is 36.8 Å². The first-order valence-electron chi connectivity index (χ1n) is 9.42. The first-order chi connectivity index (χ1) is 12.3. The summed E-state index contributed by atoms with van der Waals surface area (Å²) in [5.74, 6) is 2.03. The summed E-state index contributed by atoms with van der Waals surface area (Å²) >= 11 is 0. The second-order valence-electron chi connectivity index (χ2n) is 6.98. The molecule has 1 aliphatic heterocycles. The number of hydrogen-bond donors (Lipinski definition) is 0. The topological polar surface area (TPSA) is 43.2 Å². The molecule has 1 aromatic heterocycles. The number of benzene rings is 1. The Morgan fingerprint density at radius 2 is 2.00 bits per heavy atom. The van der Waals surface area contributed by atoms with Crippen molar-refractivity contribution in [3.8, 4) is 0 Å². The highest BCUT2D eigenvalue weighted by Gasteiger charge is 2.22. The van der Waals surface area contributed by atoms with Crippen LogP contribution in [0.2, 0.25) is 0 Å². The molecule has 0 saturated carbocycles. The van der Waals surface area contributed by atoms with Crippen LogP contribution < -0.4 is 0 Å². The zero-order valence-corrected chi connectivity index (χ0v) is 15.5. The number of ether oxygens (including phenoxy) is 1. The molecule has 5 nitrogen and oxygen atoms in total. The van der Waals surface area contributed by atoms with Gasteiger partial charge in [0.25, 0.3) is 0 Å². The number of nitrogens with zero attached hydrogens (tertiary/aromatic N) is 4. The molecular weight excluding hydrogens is 312 g/mol. The van der Waals surface area contributed by atoms with Crippen LogP contribution in [0, 0.1) is 0 Å². The number of likely N-dealkylation sites (tertiary alicyclic amines) is 1. The van der Waals surface area contributed by atoms with Crippen LogP contribution in [-0.4, -0.2) is 53.0 Å². The van der Waals surface area contributed by atoms with E-state index in [-0.39, 0.29) is 0 Å². The van der Waals surface area contributed by atoms with Crippen LogP contribution in [-0.2, 0) is 30.5 Å². The van der Waals surface area contributed by atoms with E-state index < -0.39 is 0 Å². The van der Waals surface area contributed by atoms with Gasteiger partial charge in [-0.15, -0.1) is 0 Å². The van der Waals surface area contributed by atoms with Crippen LogP contribution >= 0.6 is 0 Å². The minimum Gasteiger partial charge on any atom is -0.384 e. The van der Waals surface area contributed by atoms with Crippen molar-refractivity contribution in [1.82, 2.24) is 19.7 Å². The third-order valence-corrected chi connectivity index (χ3v) is 5.12. The third-order valence-electron chi connectivity index (χ3n) is 5.12. The molecule has 0 bridgehead atoms. The predicted molar refractivity (Wildman–Crippen MR) is 99.7 cm³/mol. The SMILES string of the molecule is COCCc1nc(CC2CCCCN2C)n(CCc2ccccc2)n1. The maximum atomic E-state index is 5.19. The number of rotatable bonds is 8. The van der Waals surface area contributed by atoms with E-state index in [0.717, 1.165) is 37.5 Å². The summed E-state index contributed by atoms with van der Waals surface area (Å²) in [6.45, 7) is 2.75. The van der Waals surface area contributed by atoms with E-state index in [1.54, 1.807) is 7.11 Å². The van der Waals surface area contributed by atoms with Gasteiger partial charge >= 0.3 is 0 Å². The lowest BCUT2D eigenvalue weighted by Crippen LogP contribution is -2.38. The van der Waals surface area contributed by atoms with Gasteiger partial charge in [-0.2, -0.15) is 5.10 Å². The average molecular weight is 342 g/mol. The van der Waals surface area contributed by atoms with Crippen molar-refractivity contribution in [3.05, 3.63) is 47.5 Å². The summed E-state index contributed by atoms with van der Waals surface area (Å²) in [4.78, 5) is 7.31. The lowest BCUT2D eigenvalue weighted by atomic mass is 10.00. The number of aryl methyl sites for hydroxylation is 2. The molecule has 1 aliphatic rings. The molecule has 136 valence electrons. The molecule has 0 N–H and O–H groups in total. The van der Waals surface area contributed by atoms with Gasteiger partial charge in [-0.05, 0) is 38.4 Å². The lowest BCUT2D eigenvalue weighted by Gasteiger charge is -2.32. The van der Waals surface area contributed by atoms with E-state index in [9.17, 15) is 0 Å². The zero-order chi connectivity index (χ0) is 17.5. The Morgan fingerprint density at radius 1 is 1.16 bits per heavy atom. The first-order valence-corrected chi connectivity index (χ1v) is 9.42. The van der Waals surface area contributed by atoms with Crippen LogP contribution in [0.25, 0.3) is 0 Å². The van der Waals surface area contributed by atoms with Crippen LogP contribution in [0.3, 0.4) is 0 Å². The quantitative estimate of drug-likeness (QED) is 0.740. The maximum Gasteiger partial charge on any atom is 0.153 e. The Balaban J connectivity index is 1.70. The zero-order valence-electron chi connectivity index (χ0n) is 15.5. The summed E-state index contributed by atoms with van der Waals surface area (Å²) < 4.78 is 7.32. The molecular formula is C20H30N4O. The highest BCUT2D eigenvalue weighted by molar-refractivity contribution is 5.14. The minimum absolute atomic E-state index is 0.587. The van der Waals surface area contributed by atoms with Crippen LogP contribution in [0.15, 0.2) is 30.3 Å². The fraction of sp³-hybridized carbons (Fsp3) is 0.600. The van der Waals surface area contributed by atoms with Gasteiger partial charge in [0.15, 0.2) is 5.82 Å². The summed E-state index contributed by atoms with van der Waals surface area (Å²) in [5.41, 5.74) is 1.34. The number of methoxy groups -OCH3 is 1. The molecule has 0 aliphatic carbocycles. The standard InChI is InChI=1S/C20H30N4O/c1-23-13-7-6-10-18(23)16-20-21-19(12-15-25-2)22-24(20)14-11-17-8-4-3-5-9-17/h3-5,8-9,18H,6-7,10-16H2,1-2H3. The molecule has 0 spiro atoms. The fourth-order valence-electron chi connectivity index (χ4n) is 3.55. The Kier molecular flexibility index (Phi) is 6.59. The van der Waals surface area contributed by atoms with Gasteiger partial charge < -0.3 is 9.64 Å². The lowest BCUT2D eigenvalue weighted by molar-refractivity contribution is 0.181. The second-order valence-corrected chi connectivity index (χ2v) is 6.98. The average Bonchev–Trinajstić information content (AvgIpc) is 3.03. The molecule has 25 heavy (non-hydrogen) atoms. The van der Waals surface area contributed by atoms with E-state index in [4.69, 9.17) is 14.8 Å². The molecule has 1 fully saturated rings. The normalized spacial score (nSPS) is 18.6. The van der Waals surface area contributed by atoms with Crippen LogP contribution in [0.5, 0.6) is 0 Å². The Morgan fingerprint density at radius 3 is 2.76 bits per heavy atom. The van der Waals surface area contributed by atoms with Crippen LogP contribution in [0.1, 0.15) is 36.5 Å². The largest absolute Gasteiger partial charge is 0.384 e. The Labute approximate surface area is 151 Å². The Bertz CT molecular complexity index is 640. The van der Waals surface area contributed by atoms with E-state index in [2.05, 4.69) is 47.0 Å². The molecule has 1 unspecified atom stereocenters. The van der Waals surface area contributed by atoms with Gasteiger partial charge in [0.2, 0.25) is 0 Å². The minimum atomic E-state index is 0.587. The van der Waals surface area contributed by atoms with Gasteiger partial charge in [-0.25, -0.2) is 9.67 Å². The van der Waals surface area contributed by atoms with Crippen molar-refractivity contribution in [1.29, 1.82) is 0 Å². The second kappa shape index (κ2) is 9.11. The maximum absolute atomic E-state index is 5.19. The molecule has 5 heteroatoms. The molecule has 3 rings (SSSR count). The molecule has 0 amide bonds. The predicted octanol–water partition coefficient (Wildman–Crippen LogP) is 2.74. The van der Waals surface area contributed by atoms with E-state index in [0.29, 0.717) is 12.6 Å². The van der Waals surface area contributed by atoms with Crippen molar-refractivity contribution in [3.63, 3.8) is 0 Å². The van der Waals surface area contributed by atoms with Crippen molar-refractivity contribution in [2.45, 2.75) is 51.1 Å². The van der Waals surface area contributed by atoms with Crippen molar-refractivity contribution in [2.75, 3.05) is 27.3 Å². The highest BCUT2D eigenvalue weighted by atomic mass is 16.5. The van der Waals surface area contributed by atoms with Gasteiger partial charge in [0.05, 0.1) is 6.61 Å². The van der Waals surface area contributed by atoms with Crippen LogP contribution in [0.4, 0.5) is 0 Å². The van der Waals surface area contributed by atoms with E-state index >= 15 is 0 Å². The molecule has 2 heterocycles. The molecule has 1 atom stereocenters. The number of piperidine rings is 1. The van der Waals surface area contributed by atoms with E-state index in [1.165, 1.54) is 31.4 Å². The molecule has 1 saturated heterocycles. The summed E-state index contributed by atoms with van der Waals surface area (Å²) in [6.07, 6.45) is 6.65. The van der Waals surface area contributed by atoms with Gasteiger partial charge in [0.1, 0.15) is 5.82 Å². The number of aromatic nitrogens is 3. The number of hydrogen-bond acceptors (Lipinski definition) is 4. The van der Waals surface area contributed by atoms with Gasteiger partial charge in [0, 0.05) is 32.5 Å². The smallest absolute Gasteiger partial charge is 0.153 e.